The summed E-state index contributed by atoms with van der Waals surface area (Å²) in [5, 5.41) is 4.46. The van der Waals surface area contributed by atoms with Crippen molar-refractivity contribution in [1.29, 1.82) is 0 Å². The molecule has 1 aliphatic carbocycles. The standard InChI is InChI=1S/C11H19NOS/c1-9(13)8-11(14-2)12-10-6-4-3-5-7-10/h8,10,12H,3-7H2,1-2H3/b11-8-. The molecule has 0 heterocycles. The molecule has 0 aromatic rings. The zero-order valence-electron chi connectivity index (χ0n) is 9.01. The van der Waals surface area contributed by atoms with E-state index in [0.717, 1.165) is 5.03 Å². The number of thioether (sulfide) groups is 1. The molecule has 0 amide bonds. The predicted molar refractivity (Wildman–Crippen MR) is 62.3 cm³/mol. The quantitative estimate of drug-likeness (QED) is 0.728. The van der Waals surface area contributed by atoms with E-state index in [4.69, 9.17) is 0 Å². The van der Waals surface area contributed by atoms with Gasteiger partial charge in [-0.2, -0.15) is 0 Å². The van der Waals surface area contributed by atoms with Crippen LogP contribution in [0.1, 0.15) is 39.0 Å². The van der Waals surface area contributed by atoms with Crippen molar-refractivity contribution < 1.29 is 4.79 Å². The highest BCUT2D eigenvalue weighted by atomic mass is 32.2. The lowest BCUT2D eigenvalue weighted by molar-refractivity contribution is -0.112. The highest BCUT2D eigenvalue weighted by Gasteiger charge is 2.13. The van der Waals surface area contributed by atoms with Gasteiger partial charge >= 0.3 is 0 Å². The van der Waals surface area contributed by atoms with Gasteiger partial charge in [0.05, 0.1) is 5.03 Å². The van der Waals surface area contributed by atoms with Gasteiger partial charge in [0.2, 0.25) is 0 Å². The fraction of sp³-hybridized carbons (Fsp3) is 0.727. The summed E-state index contributed by atoms with van der Waals surface area (Å²) >= 11 is 1.62. The highest BCUT2D eigenvalue weighted by molar-refractivity contribution is 8.02. The number of carbonyl (C=O) groups excluding carboxylic acids is 1. The molecule has 0 atom stereocenters. The average molecular weight is 213 g/mol. The van der Waals surface area contributed by atoms with Gasteiger partial charge in [0, 0.05) is 12.1 Å². The average Bonchev–Trinajstić information content (AvgIpc) is 2.17. The van der Waals surface area contributed by atoms with Gasteiger partial charge in [0.25, 0.3) is 0 Å². The number of ketones is 1. The molecule has 0 bridgehead atoms. The van der Waals surface area contributed by atoms with Crippen LogP contribution in [0.4, 0.5) is 0 Å². The van der Waals surface area contributed by atoms with Crippen molar-refractivity contribution in [1.82, 2.24) is 5.32 Å². The van der Waals surface area contributed by atoms with Crippen LogP contribution < -0.4 is 5.32 Å². The van der Waals surface area contributed by atoms with E-state index < -0.39 is 0 Å². The van der Waals surface area contributed by atoms with E-state index in [1.807, 2.05) is 6.26 Å². The lowest BCUT2D eigenvalue weighted by atomic mass is 9.96. The molecule has 80 valence electrons. The third kappa shape index (κ3) is 4.18. The molecule has 3 heteroatoms. The smallest absolute Gasteiger partial charge is 0.155 e. The molecule has 1 fully saturated rings. The molecule has 0 radical (unpaired) electrons. The Kier molecular flexibility index (Phi) is 5.09. The van der Waals surface area contributed by atoms with Crippen LogP contribution in [-0.2, 0) is 4.79 Å². The highest BCUT2D eigenvalue weighted by Crippen LogP contribution is 2.20. The summed E-state index contributed by atoms with van der Waals surface area (Å²) in [5.41, 5.74) is 0. The minimum Gasteiger partial charge on any atom is -0.377 e. The van der Waals surface area contributed by atoms with Gasteiger partial charge in [-0.3, -0.25) is 4.79 Å². The van der Waals surface area contributed by atoms with Crippen molar-refractivity contribution >= 4 is 17.5 Å². The maximum atomic E-state index is 10.9. The zero-order chi connectivity index (χ0) is 10.4. The summed E-state index contributed by atoms with van der Waals surface area (Å²) in [6, 6.07) is 0.585. The Bertz CT molecular complexity index is 219. The van der Waals surface area contributed by atoms with Crippen LogP contribution in [0.3, 0.4) is 0 Å². The van der Waals surface area contributed by atoms with Crippen LogP contribution in [0.25, 0.3) is 0 Å². The number of allylic oxidation sites excluding steroid dienone is 1. The van der Waals surface area contributed by atoms with E-state index >= 15 is 0 Å². The Morgan fingerprint density at radius 1 is 1.36 bits per heavy atom. The molecule has 0 saturated heterocycles. The van der Waals surface area contributed by atoms with Crippen molar-refractivity contribution in [2.75, 3.05) is 6.26 Å². The SMILES string of the molecule is CS/C(=C\C(C)=O)NC1CCCCC1. The maximum Gasteiger partial charge on any atom is 0.155 e. The first kappa shape index (κ1) is 11.6. The zero-order valence-corrected chi connectivity index (χ0v) is 9.82. The number of nitrogens with one attached hydrogen (secondary N) is 1. The summed E-state index contributed by atoms with van der Waals surface area (Å²) in [7, 11) is 0. The second-order valence-corrected chi connectivity index (χ2v) is 4.65. The predicted octanol–water partition coefficient (Wildman–Crippen LogP) is 2.70. The summed E-state index contributed by atoms with van der Waals surface area (Å²) in [6.45, 7) is 1.60. The summed E-state index contributed by atoms with van der Waals surface area (Å²) in [5.74, 6) is 0.123. The minimum absolute atomic E-state index is 0.123. The second-order valence-electron chi connectivity index (χ2n) is 3.80. The Morgan fingerprint density at radius 3 is 2.50 bits per heavy atom. The van der Waals surface area contributed by atoms with Gasteiger partial charge in [-0.15, -0.1) is 11.8 Å². The molecule has 1 aliphatic rings. The topological polar surface area (TPSA) is 29.1 Å². The van der Waals surface area contributed by atoms with Gasteiger partial charge < -0.3 is 5.32 Å². The normalized spacial score (nSPS) is 19.4. The summed E-state index contributed by atoms with van der Waals surface area (Å²) in [6.07, 6.45) is 10.2. The fourth-order valence-corrected chi connectivity index (χ4v) is 2.36. The van der Waals surface area contributed by atoms with E-state index in [2.05, 4.69) is 5.32 Å². The van der Waals surface area contributed by atoms with Crippen molar-refractivity contribution in [3.63, 3.8) is 0 Å². The molecule has 2 nitrogen and oxygen atoms in total. The Balaban J connectivity index is 2.42. The Morgan fingerprint density at radius 2 is 2.00 bits per heavy atom. The summed E-state index contributed by atoms with van der Waals surface area (Å²) < 4.78 is 0. The van der Waals surface area contributed by atoms with Crippen LogP contribution in [0, 0.1) is 0 Å². The number of hydrogen-bond donors (Lipinski definition) is 1. The lowest BCUT2D eigenvalue weighted by Crippen LogP contribution is -2.29. The first-order valence-corrected chi connectivity index (χ1v) is 6.47. The largest absolute Gasteiger partial charge is 0.377 e. The maximum absolute atomic E-state index is 10.9. The van der Waals surface area contributed by atoms with Gasteiger partial charge in [-0.05, 0) is 26.0 Å². The van der Waals surface area contributed by atoms with E-state index in [1.54, 1.807) is 24.8 Å². The first-order valence-electron chi connectivity index (χ1n) is 5.25. The molecule has 0 unspecified atom stereocenters. The van der Waals surface area contributed by atoms with Crippen molar-refractivity contribution in [2.45, 2.75) is 45.1 Å². The van der Waals surface area contributed by atoms with E-state index in [1.165, 1.54) is 32.1 Å². The first-order chi connectivity index (χ1) is 6.72. The molecule has 0 aromatic heterocycles. The van der Waals surface area contributed by atoms with Crippen molar-refractivity contribution in [2.24, 2.45) is 0 Å². The van der Waals surface area contributed by atoms with Crippen LogP contribution >= 0.6 is 11.8 Å². The number of carbonyl (C=O) groups is 1. The third-order valence-electron chi connectivity index (χ3n) is 2.51. The molecule has 0 spiro atoms. The van der Waals surface area contributed by atoms with E-state index in [-0.39, 0.29) is 5.78 Å². The monoisotopic (exact) mass is 213 g/mol. The van der Waals surface area contributed by atoms with Gasteiger partial charge in [0.15, 0.2) is 5.78 Å². The van der Waals surface area contributed by atoms with Gasteiger partial charge in [-0.25, -0.2) is 0 Å². The Labute approximate surface area is 90.5 Å². The molecule has 1 N–H and O–H groups in total. The van der Waals surface area contributed by atoms with Gasteiger partial charge in [0.1, 0.15) is 0 Å². The van der Waals surface area contributed by atoms with E-state index in [0.29, 0.717) is 6.04 Å². The molecular weight excluding hydrogens is 194 g/mol. The molecular formula is C11H19NOS. The molecule has 14 heavy (non-hydrogen) atoms. The molecule has 1 rings (SSSR count). The minimum atomic E-state index is 0.123. The second kappa shape index (κ2) is 6.12. The molecule has 0 aliphatic heterocycles. The van der Waals surface area contributed by atoms with Crippen LogP contribution in [-0.4, -0.2) is 18.1 Å². The third-order valence-corrected chi connectivity index (χ3v) is 3.18. The lowest BCUT2D eigenvalue weighted by Gasteiger charge is -2.24. The number of hydrogen-bond acceptors (Lipinski definition) is 3. The van der Waals surface area contributed by atoms with Gasteiger partial charge in [-0.1, -0.05) is 19.3 Å². The van der Waals surface area contributed by atoms with Crippen molar-refractivity contribution in [3.8, 4) is 0 Å². The number of rotatable bonds is 4. The molecule has 1 saturated carbocycles. The van der Waals surface area contributed by atoms with E-state index in [9.17, 15) is 4.79 Å². The van der Waals surface area contributed by atoms with Crippen LogP contribution in [0.15, 0.2) is 11.1 Å². The molecule has 0 aromatic carbocycles. The Hall–Kier alpha value is -0.440. The van der Waals surface area contributed by atoms with Crippen molar-refractivity contribution in [3.05, 3.63) is 11.1 Å². The summed E-state index contributed by atoms with van der Waals surface area (Å²) in [4.78, 5) is 10.9. The van der Waals surface area contributed by atoms with Crippen LogP contribution in [0.5, 0.6) is 0 Å². The van der Waals surface area contributed by atoms with Crippen LogP contribution in [0.2, 0.25) is 0 Å². The fourth-order valence-electron chi connectivity index (χ4n) is 1.79.